The first-order valence-electron chi connectivity index (χ1n) is 6.01. The van der Waals surface area contributed by atoms with Gasteiger partial charge in [0.25, 0.3) is 0 Å². The summed E-state index contributed by atoms with van der Waals surface area (Å²) in [4.78, 5) is 2.33. The first kappa shape index (κ1) is 11.4. The molecule has 0 bridgehead atoms. The predicted molar refractivity (Wildman–Crippen MR) is 66.1 cm³/mol. The Morgan fingerprint density at radius 1 is 1.25 bits per heavy atom. The Morgan fingerprint density at radius 3 is 2.69 bits per heavy atom. The van der Waals surface area contributed by atoms with Crippen LogP contribution in [0, 0.1) is 0 Å². The number of β-amino-alcohol motifs (C(OH)–C–C–N with tert-alkyl or cyclic N) is 1. The fourth-order valence-electron chi connectivity index (χ4n) is 2.26. The molecule has 1 aliphatic rings. The van der Waals surface area contributed by atoms with E-state index in [2.05, 4.69) is 4.90 Å². The number of anilines is 1. The molecule has 3 nitrogen and oxygen atoms in total. The first-order valence-corrected chi connectivity index (χ1v) is 6.01. The maximum atomic E-state index is 10.1. The molecule has 0 aromatic heterocycles. The van der Waals surface area contributed by atoms with Crippen LogP contribution in [0.2, 0.25) is 0 Å². The maximum absolute atomic E-state index is 10.1. The van der Waals surface area contributed by atoms with E-state index in [4.69, 9.17) is 5.73 Å². The Hall–Kier alpha value is -1.06. The van der Waals surface area contributed by atoms with E-state index in [1.807, 2.05) is 24.3 Å². The number of hydrogen-bond acceptors (Lipinski definition) is 3. The zero-order valence-corrected chi connectivity index (χ0v) is 9.60. The molecule has 1 fully saturated rings. The van der Waals surface area contributed by atoms with Crippen molar-refractivity contribution in [3.63, 3.8) is 0 Å². The summed E-state index contributed by atoms with van der Waals surface area (Å²) in [6, 6.07) is 7.53. The number of likely N-dealkylation sites (tertiary alicyclic amines) is 1. The number of rotatable bonds is 3. The van der Waals surface area contributed by atoms with Gasteiger partial charge in [0.2, 0.25) is 0 Å². The maximum Gasteiger partial charge on any atom is 0.0917 e. The molecule has 0 amide bonds. The van der Waals surface area contributed by atoms with E-state index < -0.39 is 6.10 Å². The lowest BCUT2D eigenvalue weighted by atomic mass is 10.1. The monoisotopic (exact) mass is 220 g/mol. The van der Waals surface area contributed by atoms with Crippen molar-refractivity contribution >= 4 is 5.69 Å². The lowest BCUT2D eigenvalue weighted by molar-refractivity contribution is 0.101. The molecule has 0 aliphatic carbocycles. The van der Waals surface area contributed by atoms with Gasteiger partial charge in [-0.25, -0.2) is 0 Å². The van der Waals surface area contributed by atoms with Gasteiger partial charge in [-0.3, -0.25) is 0 Å². The molecule has 2 rings (SSSR count). The van der Waals surface area contributed by atoms with Crippen molar-refractivity contribution in [2.75, 3.05) is 25.4 Å². The average molecular weight is 220 g/mol. The molecule has 1 atom stereocenters. The van der Waals surface area contributed by atoms with Gasteiger partial charge in [0.1, 0.15) is 0 Å². The van der Waals surface area contributed by atoms with Gasteiger partial charge in [-0.2, -0.15) is 0 Å². The SMILES string of the molecule is Nc1cccc([C@H](O)CN2CCCCC2)c1. The van der Waals surface area contributed by atoms with Gasteiger partial charge in [0.15, 0.2) is 0 Å². The Kier molecular flexibility index (Phi) is 3.80. The fourth-order valence-corrected chi connectivity index (χ4v) is 2.26. The molecular weight excluding hydrogens is 200 g/mol. The molecule has 1 aliphatic heterocycles. The van der Waals surface area contributed by atoms with E-state index in [9.17, 15) is 5.11 Å². The Morgan fingerprint density at radius 2 is 2.00 bits per heavy atom. The third kappa shape index (κ3) is 2.97. The molecule has 0 spiro atoms. The summed E-state index contributed by atoms with van der Waals surface area (Å²) in [7, 11) is 0. The summed E-state index contributed by atoms with van der Waals surface area (Å²) >= 11 is 0. The highest BCUT2D eigenvalue weighted by molar-refractivity contribution is 5.41. The van der Waals surface area contributed by atoms with E-state index in [1.54, 1.807) is 0 Å². The predicted octanol–water partition coefficient (Wildman–Crippen LogP) is 1.79. The molecule has 1 saturated heterocycles. The standard InChI is InChI=1S/C13H20N2O/c14-12-6-4-5-11(9-12)13(16)10-15-7-2-1-3-8-15/h4-6,9,13,16H,1-3,7-8,10,14H2/t13-/m1/s1. The van der Waals surface area contributed by atoms with Gasteiger partial charge >= 0.3 is 0 Å². The van der Waals surface area contributed by atoms with Crippen LogP contribution in [-0.4, -0.2) is 29.6 Å². The Balaban J connectivity index is 1.94. The number of hydrogen-bond donors (Lipinski definition) is 2. The van der Waals surface area contributed by atoms with Gasteiger partial charge in [-0.15, -0.1) is 0 Å². The number of nitrogens with zero attached hydrogens (tertiary/aromatic N) is 1. The largest absolute Gasteiger partial charge is 0.399 e. The zero-order valence-electron chi connectivity index (χ0n) is 9.60. The number of aliphatic hydroxyl groups is 1. The van der Waals surface area contributed by atoms with E-state index in [0.717, 1.165) is 30.9 Å². The summed E-state index contributed by atoms with van der Waals surface area (Å²) in [5.74, 6) is 0. The Bertz CT molecular complexity index is 334. The van der Waals surface area contributed by atoms with Crippen LogP contribution in [-0.2, 0) is 0 Å². The van der Waals surface area contributed by atoms with Crippen LogP contribution in [0.5, 0.6) is 0 Å². The summed E-state index contributed by atoms with van der Waals surface area (Å²) in [5.41, 5.74) is 7.34. The second kappa shape index (κ2) is 5.32. The quantitative estimate of drug-likeness (QED) is 0.763. The number of nitrogen functional groups attached to an aromatic ring is 1. The summed E-state index contributed by atoms with van der Waals surface area (Å²) < 4.78 is 0. The van der Waals surface area contributed by atoms with Crippen molar-refractivity contribution in [2.45, 2.75) is 25.4 Å². The lowest BCUT2D eigenvalue weighted by Gasteiger charge is -2.28. The van der Waals surface area contributed by atoms with Crippen molar-refractivity contribution in [3.05, 3.63) is 29.8 Å². The highest BCUT2D eigenvalue weighted by atomic mass is 16.3. The molecule has 3 N–H and O–H groups in total. The number of benzene rings is 1. The second-order valence-electron chi connectivity index (χ2n) is 4.55. The van der Waals surface area contributed by atoms with Gasteiger partial charge in [0, 0.05) is 12.2 Å². The van der Waals surface area contributed by atoms with Gasteiger partial charge < -0.3 is 15.7 Å². The molecule has 16 heavy (non-hydrogen) atoms. The van der Waals surface area contributed by atoms with Crippen molar-refractivity contribution < 1.29 is 5.11 Å². The molecule has 1 heterocycles. The van der Waals surface area contributed by atoms with Crippen LogP contribution in [0.25, 0.3) is 0 Å². The second-order valence-corrected chi connectivity index (χ2v) is 4.55. The van der Waals surface area contributed by atoms with E-state index in [-0.39, 0.29) is 0 Å². The van der Waals surface area contributed by atoms with Crippen LogP contribution in [0.15, 0.2) is 24.3 Å². The third-order valence-corrected chi connectivity index (χ3v) is 3.18. The highest BCUT2D eigenvalue weighted by Gasteiger charge is 2.15. The number of nitrogens with two attached hydrogens (primary N) is 1. The van der Waals surface area contributed by atoms with Crippen LogP contribution < -0.4 is 5.73 Å². The normalized spacial score (nSPS) is 19.6. The molecule has 0 saturated carbocycles. The molecule has 1 aromatic rings. The Labute approximate surface area is 96.9 Å². The van der Waals surface area contributed by atoms with Gasteiger partial charge in [-0.1, -0.05) is 18.6 Å². The van der Waals surface area contributed by atoms with Gasteiger partial charge in [-0.05, 0) is 43.6 Å². The van der Waals surface area contributed by atoms with E-state index >= 15 is 0 Å². The summed E-state index contributed by atoms with van der Waals surface area (Å²) in [6.07, 6.45) is 3.42. The molecule has 88 valence electrons. The number of piperidine rings is 1. The minimum atomic E-state index is -0.415. The number of aliphatic hydroxyl groups excluding tert-OH is 1. The molecule has 0 unspecified atom stereocenters. The van der Waals surface area contributed by atoms with E-state index in [0.29, 0.717) is 0 Å². The van der Waals surface area contributed by atoms with Crippen LogP contribution in [0.3, 0.4) is 0 Å². The van der Waals surface area contributed by atoms with Crippen molar-refractivity contribution in [1.82, 2.24) is 4.90 Å². The minimum Gasteiger partial charge on any atom is -0.399 e. The fraction of sp³-hybridized carbons (Fsp3) is 0.538. The molecule has 0 radical (unpaired) electrons. The topological polar surface area (TPSA) is 49.5 Å². The van der Waals surface area contributed by atoms with E-state index in [1.165, 1.54) is 19.3 Å². The third-order valence-electron chi connectivity index (χ3n) is 3.18. The summed E-state index contributed by atoms with van der Waals surface area (Å²) in [5, 5.41) is 10.1. The van der Waals surface area contributed by atoms with Gasteiger partial charge in [0.05, 0.1) is 6.10 Å². The zero-order chi connectivity index (χ0) is 11.4. The smallest absolute Gasteiger partial charge is 0.0917 e. The lowest BCUT2D eigenvalue weighted by Crippen LogP contribution is -2.33. The molecular formula is C13H20N2O. The first-order chi connectivity index (χ1) is 7.75. The minimum absolute atomic E-state index is 0.415. The van der Waals surface area contributed by atoms with Crippen molar-refractivity contribution in [1.29, 1.82) is 0 Å². The van der Waals surface area contributed by atoms with Crippen LogP contribution in [0.4, 0.5) is 5.69 Å². The summed E-state index contributed by atoms with van der Waals surface area (Å²) in [6.45, 7) is 2.95. The van der Waals surface area contributed by atoms with Crippen LogP contribution >= 0.6 is 0 Å². The molecule has 1 aromatic carbocycles. The average Bonchev–Trinajstić information content (AvgIpc) is 2.30. The van der Waals surface area contributed by atoms with Crippen LogP contribution in [0.1, 0.15) is 30.9 Å². The highest BCUT2D eigenvalue weighted by Crippen LogP contribution is 2.18. The van der Waals surface area contributed by atoms with Crippen molar-refractivity contribution in [2.24, 2.45) is 0 Å². The van der Waals surface area contributed by atoms with Crippen molar-refractivity contribution in [3.8, 4) is 0 Å². The molecule has 3 heteroatoms.